The van der Waals surface area contributed by atoms with Gasteiger partial charge in [0, 0.05) is 0 Å². The van der Waals surface area contributed by atoms with Gasteiger partial charge >= 0.3 is 0 Å². The molecule has 0 bridgehead atoms. The molecule has 0 atom stereocenters. The molecule has 6 nitrogen and oxygen atoms in total. The summed E-state index contributed by atoms with van der Waals surface area (Å²) >= 11 is 0. The largest absolute Gasteiger partial charge is 0.436 e. The van der Waals surface area contributed by atoms with Crippen molar-refractivity contribution in [2.75, 3.05) is 13.6 Å². The highest BCUT2D eigenvalue weighted by Crippen LogP contribution is 2.37. The van der Waals surface area contributed by atoms with Crippen molar-refractivity contribution in [2.24, 2.45) is 0 Å². The molecule has 0 aliphatic carbocycles. The summed E-state index contributed by atoms with van der Waals surface area (Å²) in [6, 6.07) is 0. The van der Waals surface area contributed by atoms with E-state index >= 15 is 0 Å². The number of ether oxygens (including phenoxy) is 4. The van der Waals surface area contributed by atoms with Crippen molar-refractivity contribution in [2.45, 2.75) is 0 Å². The average Bonchev–Trinajstić information content (AvgIpc) is 2.64. The van der Waals surface area contributed by atoms with Crippen LogP contribution in [0.3, 0.4) is 0 Å². The lowest BCUT2D eigenvalue weighted by Gasteiger charge is -1.94. The van der Waals surface area contributed by atoms with Crippen molar-refractivity contribution in [1.29, 1.82) is 0 Å². The van der Waals surface area contributed by atoms with E-state index in [-0.39, 0.29) is 13.6 Å². The van der Waals surface area contributed by atoms with E-state index < -0.39 is 0 Å². The van der Waals surface area contributed by atoms with Gasteiger partial charge in [-0.05, 0) is 0 Å². The second-order valence-electron chi connectivity index (χ2n) is 2.26. The van der Waals surface area contributed by atoms with Gasteiger partial charge in [-0.15, -0.1) is 0 Å². The normalized spacial score (nSPS) is 16.7. The second-order valence-corrected chi connectivity index (χ2v) is 2.26. The van der Waals surface area contributed by atoms with E-state index in [0.717, 1.165) is 0 Å². The van der Waals surface area contributed by atoms with Gasteiger partial charge in [0.1, 0.15) is 0 Å². The molecular formula is C6H4N2O4. The van der Waals surface area contributed by atoms with E-state index in [0.29, 0.717) is 23.5 Å². The highest BCUT2D eigenvalue weighted by molar-refractivity contribution is 5.39. The SMILES string of the molecule is C1Oc2nc3c(nc2O1)OCO3. The molecule has 6 heteroatoms. The van der Waals surface area contributed by atoms with Crippen LogP contribution in [-0.2, 0) is 0 Å². The maximum absolute atomic E-state index is 4.99. The Morgan fingerprint density at radius 1 is 0.667 bits per heavy atom. The quantitative estimate of drug-likeness (QED) is 0.540. The number of fused-ring (bicyclic) bond motifs is 2. The lowest BCUT2D eigenvalue weighted by atomic mass is 10.6. The van der Waals surface area contributed by atoms with E-state index in [1.165, 1.54) is 0 Å². The molecule has 2 aliphatic heterocycles. The van der Waals surface area contributed by atoms with Gasteiger partial charge in [0.05, 0.1) is 0 Å². The molecule has 1 aromatic rings. The van der Waals surface area contributed by atoms with Crippen LogP contribution in [0.1, 0.15) is 0 Å². The number of aromatic nitrogens is 2. The molecule has 62 valence electrons. The topological polar surface area (TPSA) is 62.7 Å². The third-order valence-electron chi connectivity index (χ3n) is 1.55. The Balaban J connectivity index is 2.18. The Bertz CT molecular complexity index is 280. The third kappa shape index (κ3) is 0.635. The van der Waals surface area contributed by atoms with Gasteiger partial charge in [-0.1, -0.05) is 0 Å². The van der Waals surface area contributed by atoms with Gasteiger partial charge in [-0.25, -0.2) is 0 Å². The Hall–Kier alpha value is -1.72. The van der Waals surface area contributed by atoms with E-state index in [1.54, 1.807) is 0 Å². The number of hydrogen-bond acceptors (Lipinski definition) is 6. The maximum atomic E-state index is 4.99. The first-order chi connectivity index (χ1) is 5.93. The van der Waals surface area contributed by atoms with Crippen LogP contribution in [-0.4, -0.2) is 23.6 Å². The van der Waals surface area contributed by atoms with Crippen molar-refractivity contribution >= 4 is 0 Å². The van der Waals surface area contributed by atoms with Crippen molar-refractivity contribution in [3.63, 3.8) is 0 Å². The molecule has 3 heterocycles. The first-order valence-electron chi connectivity index (χ1n) is 3.37. The van der Waals surface area contributed by atoms with Gasteiger partial charge in [-0.3, -0.25) is 0 Å². The molecule has 0 N–H and O–H groups in total. The zero-order chi connectivity index (χ0) is 7.97. The minimum absolute atomic E-state index is 0.151. The first kappa shape index (κ1) is 5.87. The molecule has 2 aliphatic rings. The highest BCUT2D eigenvalue weighted by Gasteiger charge is 2.25. The van der Waals surface area contributed by atoms with Crippen LogP contribution in [0.4, 0.5) is 0 Å². The fourth-order valence-electron chi connectivity index (χ4n) is 1.03. The summed E-state index contributed by atoms with van der Waals surface area (Å²) < 4.78 is 20.0. The van der Waals surface area contributed by atoms with E-state index in [2.05, 4.69) is 9.97 Å². The smallest absolute Gasteiger partial charge is 0.284 e. The van der Waals surface area contributed by atoms with Gasteiger partial charge < -0.3 is 18.9 Å². The van der Waals surface area contributed by atoms with Crippen molar-refractivity contribution < 1.29 is 18.9 Å². The van der Waals surface area contributed by atoms with Crippen LogP contribution in [0.25, 0.3) is 0 Å². The second kappa shape index (κ2) is 1.90. The summed E-state index contributed by atoms with van der Waals surface area (Å²) in [7, 11) is 0. The van der Waals surface area contributed by atoms with Gasteiger partial charge in [0.15, 0.2) is 0 Å². The molecule has 0 radical (unpaired) electrons. The monoisotopic (exact) mass is 168 g/mol. The summed E-state index contributed by atoms with van der Waals surface area (Å²) in [5.74, 6) is 1.44. The molecule has 0 spiro atoms. The van der Waals surface area contributed by atoms with Crippen LogP contribution in [0.5, 0.6) is 23.5 Å². The Labute approximate surface area is 67.0 Å². The Kier molecular flexibility index (Phi) is 0.931. The van der Waals surface area contributed by atoms with Crippen molar-refractivity contribution in [3.05, 3.63) is 0 Å². The lowest BCUT2D eigenvalue weighted by molar-refractivity contribution is 0.155. The molecule has 1 aromatic heterocycles. The van der Waals surface area contributed by atoms with Gasteiger partial charge in [0.25, 0.3) is 23.5 Å². The number of rotatable bonds is 0. The van der Waals surface area contributed by atoms with Crippen LogP contribution in [0.2, 0.25) is 0 Å². The molecule has 3 rings (SSSR count). The maximum Gasteiger partial charge on any atom is 0.284 e. The van der Waals surface area contributed by atoms with Crippen LogP contribution >= 0.6 is 0 Å². The summed E-state index contributed by atoms with van der Waals surface area (Å²) in [5.41, 5.74) is 0. The van der Waals surface area contributed by atoms with E-state index in [4.69, 9.17) is 18.9 Å². The molecule has 0 amide bonds. The van der Waals surface area contributed by atoms with Gasteiger partial charge in [0.2, 0.25) is 13.6 Å². The van der Waals surface area contributed by atoms with Crippen LogP contribution in [0.15, 0.2) is 0 Å². The minimum Gasteiger partial charge on any atom is -0.436 e. The number of nitrogens with zero attached hydrogens (tertiary/aromatic N) is 2. The fourth-order valence-corrected chi connectivity index (χ4v) is 1.03. The molecule has 0 unspecified atom stereocenters. The van der Waals surface area contributed by atoms with Gasteiger partial charge in [-0.2, -0.15) is 9.97 Å². The predicted octanol–water partition coefficient (Wildman–Crippen LogP) is -0.0660. The molecule has 12 heavy (non-hydrogen) atoms. The molecule has 0 aromatic carbocycles. The van der Waals surface area contributed by atoms with E-state index in [9.17, 15) is 0 Å². The molecular weight excluding hydrogens is 164 g/mol. The standard InChI is InChI=1S/C6H4N2O4/c1-9-3-4(10-1)8-6-5(7-3)11-2-12-6/h1-2H2. The van der Waals surface area contributed by atoms with Crippen LogP contribution in [0, 0.1) is 0 Å². The van der Waals surface area contributed by atoms with Crippen molar-refractivity contribution in [1.82, 2.24) is 9.97 Å². The minimum atomic E-state index is 0.151. The number of hydrogen-bond donors (Lipinski definition) is 0. The third-order valence-corrected chi connectivity index (χ3v) is 1.55. The molecule has 0 fully saturated rings. The molecule has 0 saturated carbocycles. The zero-order valence-electron chi connectivity index (χ0n) is 5.94. The summed E-state index contributed by atoms with van der Waals surface area (Å²) in [4.78, 5) is 7.95. The summed E-state index contributed by atoms with van der Waals surface area (Å²) in [5, 5.41) is 0. The predicted molar refractivity (Wildman–Crippen MR) is 34.3 cm³/mol. The lowest BCUT2D eigenvalue weighted by Crippen LogP contribution is -1.96. The summed E-state index contributed by atoms with van der Waals surface area (Å²) in [6.45, 7) is 0.302. The van der Waals surface area contributed by atoms with Crippen LogP contribution < -0.4 is 18.9 Å². The van der Waals surface area contributed by atoms with Crippen molar-refractivity contribution in [3.8, 4) is 23.5 Å². The Morgan fingerprint density at radius 2 is 1.00 bits per heavy atom. The highest BCUT2D eigenvalue weighted by atomic mass is 16.7. The Morgan fingerprint density at radius 3 is 1.33 bits per heavy atom. The molecule has 0 saturated heterocycles. The average molecular weight is 168 g/mol. The summed E-state index contributed by atoms with van der Waals surface area (Å²) in [6.07, 6.45) is 0. The first-order valence-corrected chi connectivity index (χ1v) is 3.37. The zero-order valence-corrected chi connectivity index (χ0v) is 5.94. The fraction of sp³-hybridized carbons (Fsp3) is 0.333. The van der Waals surface area contributed by atoms with E-state index in [1.807, 2.05) is 0 Å².